The first-order valence-electron chi connectivity index (χ1n) is 7.32. The predicted octanol–water partition coefficient (Wildman–Crippen LogP) is 4.74. The summed E-state index contributed by atoms with van der Waals surface area (Å²) < 4.78 is 0. The van der Waals surface area contributed by atoms with Crippen molar-refractivity contribution in [3.05, 3.63) is 64.0 Å². The van der Waals surface area contributed by atoms with E-state index in [4.69, 9.17) is 0 Å². The monoisotopic (exact) mass is 384 g/mol. The first-order chi connectivity index (χ1) is 11.3. The third-order valence-corrected chi connectivity index (χ3v) is 5.15. The van der Waals surface area contributed by atoms with Gasteiger partial charge in [-0.05, 0) is 22.4 Å². The van der Waals surface area contributed by atoms with Gasteiger partial charge in [0.15, 0.2) is 0 Å². The molecule has 2 heterocycles. The van der Waals surface area contributed by atoms with Crippen LogP contribution in [0.1, 0.15) is 5.82 Å². The number of hydrogen-bond donors (Lipinski definition) is 1. The summed E-state index contributed by atoms with van der Waals surface area (Å²) in [6, 6.07) is 14.5. The van der Waals surface area contributed by atoms with E-state index in [-0.39, 0.29) is 5.56 Å². The number of aromatic nitrogens is 2. The number of nitrogens with one attached hydrogen (secondary N) is 1. The molecule has 5 heteroatoms. The molecule has 0 aliphatic heterocycles. The maximum absolute atomic E-state index is 12.5. The van der Waals surface area contributed by atoms with Crippen LogP contribution in [0.3, 0.4) is 0 Å². The van der Waals surface area contributed by atoms with E-state index in [1.807, 2.05) is 17.5 Å². The maximum Gasteiger partial charge on any atom is 0.260 e. The molecule has 2 aromatic heterocycles. The summed E-state index contributed by atoms with van der Waals surface area (Å²) in [6.45, 7) is 0. The number of H-pyrrole nitrogens is 1. The Morgan fingerprint density at radius 2 is 1.96 bits per heavy atom. The second kappa shape index (κ2) is 5.91. The van der Waals surface area contributed by atoms with E-state index in [1.54, 1.807) is 0 Å². The second-order valence-electron chi connectivity index (χ2n) is 5.34. The molecule has 1 N–H and O–H groups in total. The first-order valence-corrected chi connectivity index (χ1v) is 9.32. The number of rotatable bonds is 3. The van der Waals surface area contributed by atoms with Crippen molar-refractivity contribution in [3.63, 3.8) is 0 Å². The number of aromatic amines is 1. The zero-order valence-electron chi connectivity index (χ0n) is 12.2. The number of aryl methyl sites for hydroxylation is 1. The molecule has 0 aliphatic carbocycles. The van der Waals surface area contributed by atoms with Crippen LogP contribution in [-0.4, -0.2) is 15.3 Å². The lowest BCUT2D eigenvalue weighted by atomic mass is 10.0. The van der Waals surface area contributed by atoms with Crippen molar-refractivity contribution >= 4 is 48.3 Å². The van der Waals surface area contributed by atoms with Crippen molar-refractivity contribution in [1.82, 2.24) is 9.97 Å². The second-order valence-corrected chi connectivity index (χ2v) is 6.99. The lowest BCUT2D eigenvalue weighted by Crippen LogP contribution is -2.11. The highest BCUT2D eigenvalue weighted by molar-refractivity contribution is 9.09. The molecule has 3 nitrogen and oxygen atoms in total. The molecule has 0 amide bonds. The average Bonchev–Trinajstić information content (AvgIpc) is 2.99. The SMILES string of the molecule is O=c1[nH]c(CCBr)nc2scc(-c3ccc4ccccc4c3)c12. The molecule has 0 saturated carbocycles. The van der Waals surface area contributed by atoms with Gasteiger partial charge >= 0.3 is 0 Å². The molecule has 0 radical (unpaired) electrons. The average molecular weight is 385 g/mol. The van der Waals surface area contributed by atoms with E-state index in [0.717, 1.165) is 27.1 Å². The van der Waals surface area contributed by atoms with Gasteiger partial charge in [-0.2, -0.15) is 0 Å². The van der Waals surface area contributed by atoms with Gasteiger partial charge in [-0.1, -0.05) is 52.3 Å². The minimum absolute atomic E-state index is 0.0599. The van der Waals surface area contributed by atoms with E-state index in [9.17, 15) is 4.79 Å². The normalized spacial score (nSPS) is 11.3. The Balaban J connectivity index is 1.92. The lowest BCUT2D eigenvalue weighted by Gasteiger charge is -2.03. The molecule has 0 bridgehead atoms. The summed E-state index contributed by atoms with van der Waals surface area (Å²) in [6.07, 6.45) is 0.717. The molecule has 2 aromatic carbocycles. The Bertz CT molecular complexity index is 1070. The quantitative estimate of drug-likeness (QED) is 0.518. The van der Waals surface area contributed by atoms with Gasteiger partial charge in [-0.3, -0.25) is 4.79 Å². The van der Waals surface area contributed by atoms with Crippen LogP contribution in [0.2, 0.25) is 0 Å². The number of fused-ring (bicyclic) bond motifs is 2. The van der Waals surface area contributed by atoms with Crippen LogP contribution in [0.4, 0.5) is 0 Å². The molecule has 0 atom stereocenters. The summed E-state index contributed by atoms with van der Waals surface area (Å²) in [5, 5.41) is 5.86. The topological polar surface area (TPSA) is 45.8 Å². The van der Waals surface area contributed by atoms with Gasteiger partial charge in [0.2, 0.25) is 0 Å². The summed E-state index contributed by atoms with van der Waals surface area (Å²) in [5.74, 6) is 0.728. The highest BCUT2D eigenvalue weighted by Crippen LogP contribution is 2.32. The number of alkyl halides is 1. The van der Waals surface area contributed by atoms with E-state index in [2.05, 4.69) is 56.2 Å². The molecule has 23 heavy (non-hydrogen) atoms. The Kier molecular flexibility index (Phi) is 3.75. The number of hydrogen-bond acceptors (Lipinski definition) is 3. The van der Waals surface area contributed by atoms with Gasteiger partial charge in [0.25, 0.3) is 5.56 Å². The molecule has 114 valence electrons. The van der Waals surface area contributed by atoms with Gasteiger partial charge in [0.1, 0.15) is 10.7 Å². The Hall–Kier alpha value is -1.98. The largest absolute Gasteiger partial charge is 0.310 e. The van der Waals surface area contributed by atoms with Crippen LogP contribution in [0.15, 0.2) is 52.6 Å². The Morgan fingerprint density at radius 3 is 2.78 bits per heavy atom. The first kappa shape index (κ1) is 14.6. The predicted molar refractivity (Wildman–Crippen MR) is 101 cm³/mol. The van der Waals surface area contributed by atoms with E-state index in [0.29, 0.717) is 11.8 Å². The maximum atomic E-state index is 12.5. The van der Waals surface area contributed by atoms with E-state index < -0.39 is 0 Å². The smallest absolute Gasteiger partial charge is 0.260 e. The van der Waals surface area contributed by atoms with Crippen molar-refractivity contribution in [2.45, 2.75) is 6.42 Å². The minimum Gasteiger partial charge on any atom is -0.310 e. The Morgan fingerprint density at radius 1 is 1.13 bits per heavy atom. The molecule has 0 unspecified atom stereocenters. The van der Waals surface area contributed by atoms with Crippen molar-refractivity contribution in [1.29, 1.82) is 0 Å². The van der Waals surface area contributed by atoms with E-state index >= 15 is 0 Å². The number of thiophene rings is 1. The van der Waals surface area contributed by atoms with Crippen LogP contribution < -0.4 is 5.56 Å². The number of nitrogens with zero attached hydrogens (tertiary/aromatic N) is 1. The molecule has 0 fully saturated rings. The summed E-state index contributed by atoms with van der Waals surface area (Å²) in [4.78, 5) is 20.7. The molecule has 4 aromatic rings. The summed E-state index contributed by atoms with van der Waals surface area (Å²) >= 11 is 4.90. The lowest BCUT2D eigenvalue weighted by molar-refractivity contribution is 0.960. The van der Waals surface area contributed by atoms with Crippen molar-refractivity contribution in [2.24, 2.45) is 0 Å². The summed E-state index contributed by atoms with van der Waals surface area (Å²) in [5.41, 5.74) is 1.95. The van der Waals surface area contributed by atoms with Crippen LogP contribution in [-0.2, 0) is 6.42 Å². The van der Waals surface area contributed by atoms with Gasteiger partial charge in [-0.15, -0.1) is 11.3 Å². The fourth-order valence-corrected chi connectivity index (χ4v) is 4.11. The van der Waals surface area contributed by atoms with Crippen LogP contribution in [0.25, 0.3) is 32.1 Å². The fraction of sp³-hybridized carbons (Fsp3) is 0.111. The van der Waals surface area contributed by atoms with Gasteiger partial charge < -0.3 is 4.98 Å². The highest BCUT2D eigenvalue weighted by Gasteiger charge is 2.13. The van der Waals surface area contributed by atoms with Crippen LogP contribution in [0.5, 0.6) is 0 Å². The summed E-state index contributed by atoms with van der Waals surface area (Å²) in [7, 11) is 0. The fourth-order valence-electron chi connectivity index (χ4n) is 2.77. The molecular formula is C18H13BrN2OS. The molecular weight excluding hydrogens is 372 g/mol. The zero-order valence-corrected chi connectivity index (χ0v) is 14.6. The van der Waals surface area contributed by atoms with Crippen molar-refractivity contribution < 1.29 is 0 Å². The molecule has 0 aliphatic rings. The zero-order chi connectivity index (χ0) is 15.8. The van der Waals surface area contributed by atoms with Gasteiger partial charge in [0, 0.05) is 22.7 Å². The third-order valence-electron chi connectivity index (χ3n) is 3.88. The Labute approximate surface area is 145 Å². The van der Waals surface area contributed by atoms with Gasteiger partial charge in [0.05, 0.1) is 5.39 Å². The number of benzene rings is 2. The van der Waals surface area contributed by atoms with Crippen LogP contribution in [0, 0.1) is 0 Å². The molecule has 4 rings (SSSR count). The third kappa shape index (κ3) is 2.60. The minimum atomic E-state index is -0.0599. The molecule has 0 spiro atoms. The van der Waals surface area contributed by atoms with E-state index in [1.165, 1.54) is 22.1 Å². The van der Waals surface area contributed by atoms with Crippen molar-refractivity contribution in [3.8, 4) is 11.1 Å². The van der Waals surface area contributed by atoms with Crippen molar-refractivity contribution in [2.75, 3.05) is 5.33 Å². The standard InChI is InChI=1S/C18H13BrN2OS/c19-8-7-15-20-17(22)16-14(10-23-18(16)21-15)13-6-5-11-3-1-2-4-12(11)9-13/h1-6,9-10H,7-8H2,(H,20,21,22). The van der Waals surface area contributed by atoms with Crippen LogP contribution >= 0.6 is 27.3 Å². The number of halogens is 1. The highest BCUT2D eigenvalue weighted by atomic mass is 79.9. The molecule has 0 saturated heterocycles. The van der Waals surface area contributed by atoms with Gasteiger partial charge in [-0.25, -0.2) is 4.98 Å².